The Morgan fingerprint density at radius 3 is 2.70 bits per heavy atom. The number of non-ortho nitro benzene ring substituents is 1. The Bertz CT molecular complexity index is 1100. The minimum atomic E-state index is -0.368. The van der Waals surface area contributed by atoms with E-state index in [4.69, 9.17) is 9.73 Å². The van der Waals surface area contributed by atoms with Gasteiger partial charge in [-0.25, -0.2) is 4.99 Å². The Kier molecular flexibility index (Phi) is 6.09. The number of aliphatic imine (C=N–C) groups is 1. The fourth-order valence-electron chi connectivity index (χ4n) is 5.03. The molecule has 0 bridgehead atoms. The van der Waals surface area contributed by atoms with Gasteiger partial charge >= 0.3 is 0 Å². The quantitative estimate of drug-likeness (QED) is 0.394. The molecule has 1 aromatic carbocycles. The normalized spacial score (nSPS) is 23.9. The number of amidine groups is 1. The van der Waals surface area contributed by atoms with Crippen LogP contribution in [-0.2, 0) is 9.53 Å². The molecule has 3 aliphatic heterocycles. The number of carbonyl (C=O) groups is 1. The molecular weight excluding hydrogens is 420 g/mol. The number of nitrogens with zero attached hydrogens (tertiary/aromatic N) is 4. The van der Waals surface area contributed by atoms with Crippen LogP contribution in [0.2, 0.25) is 0 Å². The molecule has 2 saturated heterocycles. The van der Waals surface area contributed by atoms with Crippen LogP contribution in [0.3, 0.4) is 0 Å². The predicted molar refractivity (Wildman–Crippen MR) is 125 cm³/mol. The summed E-state index contributed by atoms with van der Waals surface area (Å²) in [5.74, 6) is 0.916. The van der Waals surface area contributed by atoms with E-state index >= 15 is 0 Å². The van der Waals surface area contributed by atoms with E-state index in [9.17, 15) is 14.9 Å². The number of rotatable bonds is 4. The second-order valence-electron chi connectivity index (χ2n) is 8.82. The zero-order valence-electron chi connectivity index (χ0n) is 18.7. The Labute approximate surface area is 193 Å². The van der Waals surface area contributed by atoms with Crippen molar-refractivity contribution in [2.75, 3.05) is 32.8 Å². The summed E-state index contributed by atoms with van der Waals surface area (Å²) in [6, 6.07) is 6.72. The zero-order valence-corrected chi connectivity index (χ0v) is 18.7. The predicted octanol–water partition coefficient (Wildman–Crippen LogP) is 4.06. The molecule has 0 unspecified atom stereocenters. The van der Waals surface area contributed by atoms with Crippen LogP contribution in [0.15, 0.2) is 57.9 Å². The minimum absolute atomic E-state index is 0.0110. The summed E-state index contributed by atoms with van der Waals surface area (Å²) in [5, 5.41) is 11.2. The number of hydrogen-bond acceptors (Lipinski definition) is 6. The van der Waals surface area contributed by atoms with E-state index < -0.39 is 0 Å². The Balaban J connectivity index is 1.52. The molecule has 3 heterocycles. The highest BCUT2D eigenvalue weighted by atomic mass is 16.6. The third-order valence-corrected chi connectivity index (χ3v) is 6.64. The number of amides is 1. The molecule has 0 radical (unpaired) electrons. The maximum absolute atomic E-state index is 13.0. The van der Waals surface area contributed by atoms with Crippen molar-refractivity contribution in [1.82, 2.24) is 9.80 Å². The van der Waals surface area contributed by atoms with Gasteiger partial charge in [-0.15, -0.1) is 0 Å². The molecule has 1 aliphatic carbocycles. The van der Waals surface area contributed by atoms with Crippen LogP contribution in [0.25, 0.3) is 6.08 Å². The summed E-state index contributed by atoms with van der Waals surface area (Å²) in [6.45, 7) is 3.63. The molecule has 8 heteroatoms. The van der Waals surface area contributed by atoms with Gasteiger partial charge in [0.05, 0.1) is 18.1 Å². The Morgan fingerprint density at radius 1 is 1.03 bits per heavy atom. The standard InChI is InChI=1S/C25H28N4O4/c30-25-22(26-23-7-2-1-3-10-28(23)25)17-20-9-8-19(24(20)27-11-13-33-14-12-27)15-18-5-4-6-21(16-18)29(31)32/h4-6,15-17H,1-3,7-14H2. The molecule has 1 aromatic rings. The summed E-state index contributed by atoms with van der Waals surface area (Å²) in [5.41, 5.74) is 4.79. The van der Waals surface area contributed by atoms with Crippen molar-refractivity contribution in [3.8, 4) is 0 Å². The average Bonchev–Trinajstić information content (AvgIpc) is 3.24. The van der Waals surface area contributed by atoms with E-state index in [0.717, 1.165) is 86.4 Å². The van der Waals surface area contributed by atoms with Gasteiger partial charge in [0.15, 0.2) is 0 Å². The third-order valence-electron chi connectivity index (χ3n) is 6.64. The highest BCUT2D eigenvalue weighted by Gasteiger charge is 2.32. The van der Waals surface area contributed by atoms with Gasteiger partial charge in [0.2, 0.25) is 0 Å². The highest BCUT2D eigenvalue weighted by Crippen LogP contribution is 2.38. The first kappa shape index (κ1) is 21.6. The maximum atomic E-state index is 13.0. The summed E-state index contributed by atoms with van der Waals surface area (Å²) < 4.78 is 5.56. The minimum Gasteiger partial charge on any atom is -0.378 e. The third kappa shape index (κ3) is 4.48. The molecule has 0 aromatic heterocycles. The second kappa shape index (κ2) is 9.31. The number of fused-ring (bicyclic) bond motifs is 1. The van der Waals surface area contributed by atoms with Crippen molar-refractivity contribution in [2.45, 2.75) is 38.5 Å². The molecule has 0 N–H and O–H groups in total. The smallest absolute Gasteiger partial charge is 0.277 e. The van der Waals surface area contributed by atoms with Crippen molar-refractivity contribution in [1.29, 1.82) is 0 Å². The van der Waals surface area contributed by atoms with Crippen LogP contribution >= 0.6 is 0 Å². The first-order valence-electron chi connectivity index (χ1n) is 11.7. The Hall–Kier alpha value is -3.26. The van der Waals surface area contributed by atoms with Crippen molar-refractivity contribution in [3.63, 3.8) is 0 Å². The summed E-state index contributed by atoms with van der Waals surface area (Å²) >= 11 is 0. The maximum Gasteiger partial charge on any atom is 0.277 e. The van der Waals surface area contributed by atoms with Gasteiger partial charge in [-0.2, -0.15) is 0 Å². The first-order valence-corrected chi connectivity index (χ1v) is 11.7. The van der Waals surface area contributed by atoms with E-state index in [1.807, 2.05) is 23.1 Å². The van der Waals surface area contributed by atoms with Gasteiger partial charge in [-0.3, -0.25) is 19.8 Å². The number of allylic oxidation sites excluding steroid dienone is 3. The molecule has 0 atom stereocenters. The number of nitro groups is 1. The van der Waals surface area contributed by atoms with Crippen LogP contribution < -0.4 is 0 Å². The number of ether oxygens (including phenoxy) is 1. The lowest BCUT2D eigenvalue weighted by Crippen LogP contribution is -2.36. The van der Waals surface area contributed by atoms with Crippen LogP contribution in [0, 0.1) is 10.1 Å². The SMILES string of the molecule is O=C1C(=CC2=C(N3CCOCC3)C(=Cc3cccc([N+](=O)[O-])c3)CC2)N=C2CCCCCN12. The van der Waals surface area contributed by atoms with Crippen LogP contribution in [0.4, 0.5) is 5.69 Å². The fraction of sp³-hybridized carbons (Fsp3) is 0.440. The van der Waals surface area contributed by atoms with E-state index in [2.05, 4.69) is 4.90 Å². The number of hydrogen-bond donors (Lipinski definition) is 0. The number of morpholine rings is 1. The van der Waals surface area contributed by atoms with Crippen molar-refractivity contribution in [2.24, 2.45) is 4.99 Å². The van der Waals surface area contributed by atoms with Crippen molar-refractivity contribution in [3.05, 3.63) is 68.6 Å². The van der Waals surface area contributed by atoms with E-state index in [0.29, 0.717) is 18.9 Å². The molecule has 33 heavy (non-hydrogen) atoms. The number of nitro benzene ring substituents is 1. The molecule has 2 fully saturated rings. The van der Waals surface area contributed by atoms with Gasteiger partial charge in [-0.05, 0) is 54.5 Å². The van der Waals surface area contributed by atoms with Gasteiger partial charge in [-0.1, -0.05) is 18.6 Å². The summed E-state index contributed by atoms with van der Waals surface area (Å²) in [7, 11) is 0. The molecule has 4 aliphatic rings. The topological polar surface area (TPSA) is 88.3 Å². The molecule has 172 valence electrons. The van der Waals surface area contributed by atoms with Crippen molar-refractivity contribution < 1.29 is 14.5 Å². The zero-order chi connectivity index (χ0) is 22.8. The lowest BCUT2D eigenvalue weighted by Gasteiger charge is -2.31. The molecule has 8 nitrogen and oxygen atoms in total. The second-order valence-corrected chi connectivity index (χ2v) is 8.82. The van der Waals surface area contributed by atoms with E-state index in [1.54, 1.807) is 12.1 Å². The largest absolute Gasteiger partial charge is 0.378 e. The lowest BCUT2D eigenvalue weighted by molar-refractivity contribution is -0.384. The average molecular weight is 449 g/mol. The summed E-state index contributed by atoms with van der Waals surface area (Å²) in [4.78, 5) is 32.8. The van der Waals surface area contributed by atoms with Gasteiger partial charge in [0, 0.05) is 43.9 Å². The highest BCUT2D eigenvalue weighted by molar-refractivity contribution is 6.12. The fourth-order valence-corrected chi connectivity index (χ4v) is 5.03. The van der Waals surface area contributed by atoms with Crippen LogP contribution in [0.5, 0.6) is 0 Å². The molecular formula is C25H28N4O4. The first-order chi connectivity index (χ1) is 16.1. The molecule has 0 saturated carbocycles. The van der Waals surface area contributed by atoms with E-state index in [-0.39, 0.29) is 16.5 Å². The molecule has 5 rings (SSSR count). The monoisotopic (exact) mass is 448 g/mol. The number of benzene rings is 1. The van der Waals surface area contributed by atoms with Crippen LogP contribution in [-0.4, -0.2) is 59.3 Å². The van der Waals surface area contributed by atoms with Gasteiger partial charge < -0.3 is 9.64 Å². The molecule has 0 spiro atoms. The number of carbonyl (C=O) groups excluding carboxylic acids is 1. The summed E-state index contributed by atoms with van der Waals surface area (Å²) in [6.07, 6.45) is 9.75. The molecule has 1 amide bonds. The Morgan fingerprint density at radius 2 is 1.88 bits per heavy atom. The van der Waals surface area contributed by atoms with Gasteiger partial charge in [0.25, 0.3) is 11.6 Å². The van der Waals surface area contributed by atoms with Crippen LogP contribution in [0.1, 0.15) is 44.1 Å². The van der Waals surface area contributed by atoms with Crippen molar-refractivity contribution >= 4 is 23.5 Å². The lowest BCUT2D eigenvalue weighted by atomic mass is 10.1. The van der Waals surface area contributed by atoms with Gasteiger partial charge in [0.1, 0.15) is 11.5 Å². The van der Waals surface area contributed by atoms with E-state index in [1.165, 1.54) is 6.07 Å².